The van der Waals surface area contributed by atoms with Crippen LogP contribution in [0.25, 0.3) is 0 Å². The zero-order valence-electron chi connectivity index (χ0n) is 9.21. The van der Waals surface area contributed by atoms with Crippen LogP contribution in [-0.2, 0) is 0 Å². The van der Waals surface area contributed by atoms with Gasteiger partial charge in [-0.15, -0.1) is 0 Å². The average Bonchev–Trinajstić information content (AvgIpc) is 2.68. The van der Waals surface area contributed by atoms with E-state index in [-0.39, 0.29) is 11.6 Å². The number of hydrogen-bond donors (Lipinski definition) is 1. The molecule has 0 saturated heterocycles. The summed E-state index contributed by atoms with van der Waals surface area (Å²) < 4.78 is 6.17. The monoisotopic (exact) mass is 237 g/mol. The minimum absolute atomic E-state index is 0.0141. The molecule has 0 radical (unpaired) electrons. The van der Waals surface area contributed by atoms with Crippen LogP contribution in [0.1, 0.15) is 43.7 Å². The van der Waals surface area contributed by atoms with Crippen molar-refractivity contribution in [1.29, 1.82) is 0 Å². The average molecular weight is 238 g/mol. The lowest BCUT2D eigenvalue weighted by molar-refractivity contribution is 0.0426. The first-order valence-corrected chi connectivity index (χ1v) is 6.30. The van der Waals surface area contributed by atoms with Crippen molar-refractivity contribution in [2.45, 2.75) is 43.7 Å². The molecule has 86 valence electrons. The predicted molar refractivity (Wildman–Crippen MR) is 64.8 cm³/mol. The summed E-state index contributed by atoms with van der Waals surface area (Å²) in [5.74, 6) is 0.935. The standard InChI is InChI=1S/C13H16ClNO/c14-9-3-4-12-10(7-9)11(15)8-13(16-12)5-1-2-6-13/h3-4,7,11H,1-2,5-6,8,15H2/t11-/m0/s1. The SMILES string of the molecule is N[C@H]1CC2(CCCC2)Oc2ccc(Cl)cc21. The smallest absolute Gasteiger partial charge is 0.125 e. The number of fused-ring (bicyclic) bond motifs is 1. The van der Waals surface area contributed by atoms with Crippen LogP contribution in [-0.4, -0.2) is 5.60 Å². The van der Waals surface area contributed by atoms with Crippen LogP contribution in [0.2, 0.25) is 5.02 Å². The Kier molecular flexibility index (Phi) is 2.37. The number of hydrogen-bond acceptors (Lipinski definition) is 2. The summed E-state index contributed by atoms with van der Waals surface area (Å²) in [6.07, 6.45) is 5.73. The lowest BCUT2D eigenvalue weighted by Crippen LogP contribution is -2.40. The Labute approximate surface area is 101 Å². The van der Waals surface area contributed by atoms with E-state index in [1.54, 1.807) is 0 Å². The number of rotatable bonds is 0. The molecule has 3 heteroatoms. The van der Waals surface area contributed by atoms with E-state index >= 15 is 0 Å². The Morgan fingerprint density at radius 1 is 1.31 bits per heavy atom. The van der Waals surface area contributed by atoms with Crippen molar-refractivity contribution in [2.75, 3.05) is 0 Å². The Balaban J connectivity index is 1.99. The minimum Gasteiger partial charge on any atom is -0.487 e. The molecule has 1 fully saturated rings. The van der Waals surface area contributed by atoms with Gasteiger partial charge >= 0.3 is 0 Å². The summed E-state index contributed by atoms with van der Waals surface area (Å²) in [7, 11) is 0. The third kappa shape index (κ3) is 1.61. The second kappa shape index (κ2) is 3.64. The molecule has 1 aliphatic carbocycles. The van der Waals surface area contributed by atoms with Gasteiger partial charge in [-0.25, -0.2) is 0 Å². The number of halogens is 1. The summed E-state index contributed by atoms with van der Waals surface area (Å²) in [5, 5.41) is 0.736. The number of nitrogens with two attached hydrogens (primary N) is 1. The van der Waals surface area contributed by atoms with Crippen molar-refractivity contribution in [3.63, 3.8) is 0 Å². The van der Waals surface area contributed by atoms with Crippen molar-refractivity contribution < 1.29 is 4.74 Å². The first-order chi connectivity index (χ1) is 7.69. The van der Waals surface area contributed by atoms with Gasteiger partial charge in [0.1, 0.15) is 11.4 Å². The largest absolute Gasteiger partial charge is 0.487 e. The maximum atomic E-state index is 6.23. The molecule has 1 heterocycles. The van der Waals surface area contributed by atoms with Gasteiger partial charge < -0.3 is 10.5 Å². The third-order valence-corrected chi connectivity index (χ3v) is 4.04. The van der Waals surface area contributed by atoms with Crippen LogP contribution in [0.3, 0.4) is 0 Å². The molecule has 1 aliphatic heterocycles. The van der Waals surface area contributed by atoms with Crippen molar-refractivity contribution >= 4 is 11.6 Å². The first-order valence-electron chi connectivity index (χ1n) is 5.93. The molecular formula is C13H16ClNO. The topological polar surface area (TPSA) is 35.2 Å². The highest BCUT2D eigenvalue weighted by atomic mass is 35.5. The highest BCUT2D eigenvalue weighted by Crippen LogP contribution is 2.46. The molecule has 3 rings (SSSR count). The fourth-order valence-electron chi connectivity index (χ4n) is 3.01. The molecule has 0 amide bonds. The predicted octanol–water partition coefficient (Wildman–Crippen LogP) is 3.44. The van der Waals surface area contributed by atoms with Crippen LogP contribution in [0.4, 0.5) is 0 Å². The van der Waals surface area contributed by atoms with Gasteiger partial charge in [0.2, 0.25) is 0 Å². The van der Waals surface area contributed by atoms with Crippen molar-refractivity contribution in [3.8, 4) is 5.75 Å². The molecule has 2 aliphatic rings. The van der Waals surface area contributed by atoms with Crippen LogP contribution in [0.5, 0.6) is 5.75 Å². The fourth-order valence-corrected chi connectivity index (χ4v) is 3.19. The lowest BCUT2D eigenvalue weighted by atomic mass is 9.86. The maximum Gasteiger partial charge on any atom is 0.125 e. The fraction of sp³-hybridized carbons (Fsp3) is 0.538. The molecule has 1 spiro atoms. The van der Waals surface area contributed by atoms with E-state index in [9.17, 15) is 0 Å². The zero-order chi connectivity index (χ0) is 11.2. The molecular weight excluding hydrogens is 222 g/mol. The van der Waals surface area contributed by atoms with Gasteiger partial charge in [0, 0.05) is 23.0 Å². The summed E-state index contributed by atoms with van der Waals surface area (Å²) >= 11 is 5.98. The maximum absolute atomic E-state index is 6.23. The van der Waals surface area contributed by atoms with E-state index < -0.39 is 0 Å². The number of ether oxygens (including phenoxy) is 1. The van der Waals surface area contributed by atoms with E-state index in [1.807, 2.05) is 18.2 Å². The quantitative estimate of drug-likeness (QED) is 0.750. The second-order valence-electron chi connectivity index (χ2n) is 4.98. The normalized spacial score (nSPS) is 26.5. The third-order valence-electron chi connectivity index (χ3n) is 3.80. The van der Waals surface area contributed by atoms with Crippen LogP contribution < -0.4 is 10.5 Å². The summed E-state index contributed by atoms with van der Waals surface area (Å²) in [5.41, 5.74) is 7.31. The second-order valence-corrected chi connectivity index (χ2v) is 5.42. The zero-order valence-corrected chi connectivity index (χ0v) is 9.96. The van der Waals surface area contributed by atoms with Crippen LogP contribution in [0.15, 0.2) is 18.2 Å². The molecule has 0 aromatic heterocycles. The van der Waals surface area contributed by atoms with E-state index in [0.29, 0.717) is 0 Å². The van der Waals surface area contributed by atoms with E-state index in [1.165, 1.54) is 12.8 Å². The molecule has 16 heavy (non-hydrogen) atoms. The molecule has 1 aromatic rings. The highest BCUT2D eigenvalue weighted by Gasteiger charge is 2.41. The number of benzene rings is 1. The van der Waals surface area contributed by atoms with Gasteiger partial charge in [-0.05, 0) is 43.9 Å². The van der Waals surface area contributed by atoms with Crippen molar-refractivity contribution in [3.05, 3.63) is 28.8 Å². The molecule has 1 saturated carbocycles. The minimum atomic E-state index is 0.0141. The van der Waals surface area contributed by atoms with Gasteiger partial charge in [0.05, 0.1) is 0 Å². The molecule has 0 unspecified atom stereocenters. The van der Waals surface area contributed by atoms with Gasteiger partial charge in [-0.1, -0.05) is 11.6 Å². The van der Waals surface area contributed by atoms with Crippen LogP contribution >= 0.6 is 11.6 Å². The van der Waals surface area contributed by atoms with E-state index in [0.717, 1.165) is 35.6 Å². The Morgan fingerprint density at radius 3 is 2.81 bits per heavy atom. The van der Waals surface area contributed by atoms with E-state index in [2.05, 4.69) is 0 Å². The molecule has 2 N–H and O–H groups in total. The molecule has 0 bridgehead atoms. The molecule has 1 atom stereocenters. The molecule has 2 nitrogen and oxygen atoms in total. The molecule has 1 aromatic carbocycles. The first kappa shape index (κ1) is 10.4. The van der Waals surface area contributed by atoms with Crippen molar-refractivity contribution in [2.24, 2.45) is 5.73 Å². The summed E-state index contributed by atoms with van der Waals surface area (Å²) in [6.45, 7) is 0. The summed E-state index contributed by atoms with van der Waals surface area (Å²) in [6, 6.07) is 5.84. The Bertz CT molecular complexity index is 412. The van der Waals surface area contributed by atoms with Crippen molar-refractivity contribution in [1.82, 2.24) is 0 Å². The van der Waals surface area contributed by atoms with Crippen LogP contribution in [0, 0.1) is 0 Å². The Hall–Kier alpha value is -0.730. The Morgan fingerprint density at radius 2 is 2.06 bits per heavy atom. The highest BCUT2D eigenvalue weighted by molar-refractivity contribution is 6.30. The summed E-state index contributed by atoms with van der Waals surface area (Å²) in [4.78, 5) is 0. The van der Waals surface area contributed by atoms with Gasteiger partial charge in [-0.2, -0.15) is 0 Å². The van der Waals surface area contributed by atoms with Gasteiger partial charge in [0.15, 0.2) is 0 Å². The van der Waals surface area contributed by atoms with Gasteiger partial charge in [0.25, 0.3) is 0 Å². The van der Waals surface area contributed by atoms with E-state index in [4.69, 9.17) is 22.1 Å². The van der Waals surface area contributed by atoms with Gasteiger partial charge in [-0.3, -0.25) is 0 Å². The lowest BCUT2D eigenvalue weighted by Gasteiger charge is -2.38.